The van der Waals surface area contributed by atoms with Gasteiger partial charge >= 0.3 is 11.9 Å². The maximum Gasteiger partial charge on any atom is 0.349 e. The van der Waals surface area contributed by atoms with Crippen molar-refractivity contribution in [3.63, 3.8) is 0 Å². The molecule has 0 heterocycles. The van der Waals surface area contributed by atoms with Gasteiger partial charge < -0.3 is 18.9 Å². The molecule has 0 radical (unpaired) electrons. The summed E-state index contributed by atoms with van der Waals surface area (Å²) in [6.07, 6.45) is 0. The molecule has 0 saturated carbocycles. The number of ether oxygens (including phenoxy) is 4. The van der Waals surface area contributed by atoms with E-state index in [4.69, 9.17) is 18.9 Å². The van der Waals surface area contributed by atoms with Crippen LogP contribution < -0.4 is 9.47 Å². The van der Waals surface area contributed by atoms with Gasteiger partial charge in [0.1, 0.15) is 18.1 Å². The second-order valence-corrected chi connectivity index (χ2v) is 7.42. The first-order chi connectivity index (χ1) is 13.4. The molecule has 0 bridgehead atoms. The van der Waals surface area contributed by atoms with E-state index in [2.05, 4.69) is 31.9 Å². The highest BCUT2D eigenvalue weighted by Crippen LogP contribution is 2.32. The van der Waals surface area contributed by atoms with Crippen LogP contribution in [-0.2, 0) is 14.3 Å². The summed E-state index contributed by atoms with van der Waals surface area (Å²) in [7, 11) is 0. The summed E-state index contributed by atoms with van der Waals surface area (Å²) in [5.41, 5.74) is 1.24. The third kappa shape index (κ3) is 6.92. The summed E-state index contributed by atoms with van der Waals surface area (Å²) in [6, 6.07) is 9.83. The van der Waals surface area contributed by atoms with E-state index in [1.54, 1.807) is 0 Å². The quantitative estimate of drug-likeness (QED) is 0.274. The van der Waals surface area contributed by atoms with E-state index >= 15 is 0 Å². The van der Waals surface area contributed by atoms with Crippen LogP contribution in [0, 0.1) is 6.92 Å². The van der Waals surface area contributed by atoms with Crippen molar-refractivity contribution in [1.29, 1.82) is 0 Å². The zero-order chi connectivity index (χ0) is 20.5. The molecule has 0 aromatic heterocycles. The molecule has 0 fully saturated rings. The predicted molar refractivity (Wildman–Crippen MR) is 111 cm³/mol. The lowest BCUT2D eigenvalue weighted by Gasteiger charge is -2.11. The highest BCUT2D eigenvalue weighted by molar-refractivity contribution is 9.11. The van der Waals surface area contributed by atoms with Crippen molar-refractivity contribution in [2.24, 2.45) is 0 Å². The van der Waals surface area contributed by atoms with Crippen molar-refractivity contribution in [3.8, 4) is 11.5 Å². The summed E-state index contributed by atoms with van der Waals surface area (Å²) in [4.78, 5) is 23.9. The highest BCUT2D eigenvalue weighted by Gasteiger charge is 2.12. The van der Waals surface area contributed by atoms with Crippen LogP contribution in [0.5, 0.6) is 11.5 Å². The van der Waals surface area contributed by atoms with Crippen molar-refractivity contribution in [1.82, 2.24) is 0 Å². The van der Waals surface area contributed by atoms with Crippen molar-refractivity contribution >= 4 is 43.8 Å². The highest BCUT2D eigenvalue weighted by atomic mass is 79.9. The number of rotatable bonds is 9. The minimum atomic E-state index is -0.554. The van der Waals surface area contributed by atoms with Gasteiger partial charge in [-0.25, -0.2) is 9.59 Å². The molecule has 28 heavy (non-hydrogen) atoms. The van der Waals surface area contributed by atoms with E-state index in [1.165, 1.54) is 24.3 Å². The first-order valence-electron chi connectivity index (χ1n) is 8.54. The van der Waals surface area contributed by atoms with Gasteiger partial charge in [-0.15, -0.1) is 0 Å². The molecule has 2 aromatic rings. The van der Waals surface area contributed by atoms with E-state index in [0.717, 1.165) is 14.5 Å². The van der Waals surface area contributed by atoms with Gasteiger partial charge in [-0.1, -0.05) is 15.9 Å². The Morgan fingerprint density at radius 2 is 1.75 bits per heavy atom. The number of carbonyl (C=O) groups excluding carboxylic acids is 2. The number of aryl methyl sites for hydroxylation is 1. The van der Waals surface area contributed by atoms with Crippen molar-refractivity contribution in [2.45, 2.75) is 13.8 Å². The second kappa shape index (κ2) is 11.2. The number of hydrogen-bond donors (Lipinski definition) is 0. The van der Waals surface area contributed by atoms with Crippen LogP contribution in [0.15, 0.2) is 45.3 Å². The minimum absolute atomic E-state index is 0.186. The van der Waals surface area contributed by atoms with E-state index in [9.17, 15) is 9.59 Å². The van der Waals surface area contributed by atoms with Crippen LogP contribution >= 0.6 is 31.9 Å². The Hall–Kier alpha value is -1.90. The molecule has 2 aromatic carbocycles. The Morgan fingerprint density at radius 3 is 2.39 bits per heavy atom. The fourth-order valence-electron chi connectivity index (χ4n) is 2.24. The maximum atomic E-state index is 12.0. The molecular formula is C20H20Br2O6. The summed E-state index contributed by atoms with van der Waals surface area (Å²) >= 11 is 6.80. The Bertz CT molecular complexity index is 797. The Labute approximate surface area is 180 Å². The van der Waals surface area contributed by atoms with E-state index in [0.29, 0.717) is 30.3 Å². The number of esters is 2. The molecule has 8 heteroatoms. The molecule has 6 nitrogen and oxygen atoms in total. The van der Waals surface area contributed by atoms with Crippen LogP contribution in [0.3, 0.4) is 0 Å². The lowest BCUT2D eigenvalue weighted by atomic mass is 10.2. The number of halogens is 2. The predicted octanol–water partition coefficient (Wildman–Crippen LogP) is 4.70. The van der Waals surface area contributed by atoms with E-state index < -0.39 is 11.9 Å². The fourth-order valence-corrected chi connectivity index (χ4v) is 3.80. The van der Waals surface area contributed by atoms with Gasteiger partial charge in [-0.05, 0) is 71.7 Å². The Morgan fingerprint density at radius 1 is 1.04 bits per heavy atom. The lowest BCUT2D eigenvalue weighted by Crippen LogP contribution is -2.18. The fraction of sp³-hybridized carbons (Fsp3) is 0.300. The van der Waals surface area contributed by atoms with E-state index in [-0.39, 0.29) is 13.2 Å². The van der Waals surface area contributed by atoms with Crippen molar-refractivity contribution < 1.29 is 28.5 Å². The van der Waals surface area contributed by atoms with Gasteiger partial charge in [0.15, 0.2) is 6.61 Å². The molecule has 0 aliphatic heterocycles. The van der Waals surface area contributed by atoms with Gasteiger partial charge in [-0.3, -0.25) is 0 Å². The minimum Gasteiger partial charge on any atom is -0.480 e. The molecule has 2 rings (SSSR count). The third-order valence-corrected chi connectivity index (χ3v) is 4.56. The lowest BCUT2D eigenvalue weighted by molar-refractivity contribution is -0.136. The molecule has 0 aliphatic rings. The van der Waals surface area contributed by atoms with Crippen LogP contribution in [0.4, 0.5) is 0 Å². The van der Waals surface area contributed by atoms with Gasteiger partial charge in [0, 0.05) is 11.1 Å². The van der Waals surface area contributed by atoms with Crippen LogP contribution in [-0.4, -0.2) is 38.4 Å². The molecule has 0 unspecified atom stereocenters. The summed E-state index contributed by atoms with van der Waals surface area (Å²) in [6.45, 7) is 4.60. The molecule has 0 amide bonds. The largest absolute Gasteiger partial charge is 0.480 e. The first-order valence-corrected chi connectivity index (χ1v) is 10.1. The smallest absolute Gasteiger partial charge is 0.349 e. The Kier molecular flexibility index (Phi) is 8.95. The zero-order valence-electron chi connectivity index (χ0n) is 15.5. The summed E-state index contributed by atoms with van der Waals surface area (Å²) in [5.74, 6) is -0.130. The average Bonchev–Trinajstić information content (AvgIpc) is 2.64. The second-order valence-electron chi connectivity index (χ2n) is 5.65. The molecule has 0 saturated heterocycles. The maximum absolute atomic E-state index is 12.0. The molecule has 0 N–H and O–H groups in total. The number of carbonyl (C=O) groups is 2. The molecule has 0 atom stereocenters. The number of hydrogen-bond acceptors (Lipinski definition) is 6. The number of benzene rings is 2. The van der Waals surface area contributed by atoms with Gasteiger partial charge in [0.25, 0.3) is 0 Å². The van der Waals surface area contributed by atoms with Crippen LogP contribution in [0.1, 0.15) is 22.8 Å². The van der Waals surface area contributed by atoms with Gasteiger partial charge in [0.2, 0.25) is 0 Å². The standard InChI is InChI=1S/C20H20Br2O6/c1-3-25-8-9-26-20(24)14-4-6-16(7-5-14)28-18(23)12-27-19-13(2)10-15(21)11-17(19)22/h4-7,10-11H,3,8-9,12H2,1-2H3. The first kappa shape index (κ1) is 22.4. The van der Waals surface area contributed by atoms with Gasteiger partial charge in [0.05, 0.1) is 16.6 Å². The summed E-state index contributed by atoms with van der Waals surface area (Å²) in [5, 5.41) is 0. The third-order valence-electron chi connectivity index (χ3n) is 3.52. The van der Waals surface area contributed by atoms with Crippen LogP contribution in [0.2, 0.25) is 0 Å². The zero-order valence-corrected chi connectivity index (χ0v) is 18.7. The molecule has 150 valence electrons. The SMILES string of the molecule is CCOCCOC(=O)c1ccc(OC(=O)COc2c(C)cc(Br)cc2Br)cc1. The monoisotopic (exact) mass is 514 g/mol. The van der Waals surface area contributed by atoms with Crippen LogP contribution in [0.25, 0.3) is 0 Å². The Balaban J connectivity index is 1.85. The molecule has 0 spiro atoms. The topological polar surface area (TPSA) is 71.1 Å². The van der Waals surface area contributed by atoms with E-state index in [1.807, 2.05) is 26.0 Å². The molecule has 0 aliphatic carbocycles. The van der Waals surface area contributed by atoms with Crippen molar-refractivity contribution in [3.05, 3.63) is 56.5 Å². The van der Waals surface area contributed by atoms with Gasteiger partial charge in [-0.2, -0.15) is 0 Å². The summed E-state index contributed by atoms with van der Waals surface area (Å²) < 4.78 is 22.6. The van der Waals surface area contributed by atoms with Crippen molar-refractivity contribution in [2.75, 3.05) is 26.4 Å². The average molecular weight is 516 g/mol. The molecular weight excluding hydrogens is 496 g/mol. The normalized spacial score (nSPS) is 10.4.